The Morgan fingerprint density at radius 3 is 2.38 bits per heavy atom. The maximum absolute atomic E-state index is 12.8. The summed E-state index contributed by atoms with van der Waals surface area (Å²) in [5.74, 6) is 1.14. The van der Waals surface area contributed by atoms with Gasteiger partial charge < -0.3 is 9.47 Å². The minimum Gasteiger partial charge on any atom is -0.489 e. The summed E-state index contributed by atoms with van der Waals surface area (Å²) in [7, 11) is 0. The summed E-state index contributed by atoms with van der Waals surface area (Å²) in [4.78, 5) is 12.8. The van der Waals surface area contributed by atoms with Crippen LogP contribution in [0.4, 0.5) is 0 Å². The van der Waals surface area contributed by atoms with Crippen LogP contribution in [0.15, 0.2) is 60.4 Å². The Hall–Kier alpha value is -2.46. The number of ether oxygens (including phenoxy) is 2. The average molecular weight is 446 g/mol. The minimum atomic E-state index is -0.159. The fraction of sp³-hybridized carbons (Fsp3) is 0.0870. The fourth-order valence-electron chi connectivity index (χ4n) is 3.10. The van der Waals surface area contributed by atoms with E-state index in [2.05, 4.69) is 0 Å². The van der Waals surface area contributed by atoms with Gasteiger partial charge in [0.05, 0.1) is 5.56 Å². The number of carbonyl (C=O) groups is 1. The Morgan fingerprint density at radius 1 is 1.00 bits per heavy atom. The highest BCUT2D eigenvalue weighted by molar-refractivity contribution is 6.36. The van der Waals surface area contributed by atoms with Gasteiger partial charge in [-0.15, -0.1) is 0 Å². The summed E-state index contributed by atoms with van der Waals surface area (Å²) in [6.45, 7) is 2.05. The van der Waals surface area contributed by atoms with Gasteiger partial charge in [-0.1, -0.05) is 53.0 Å². The van der Waals surface area contributed by atoms with Gasteiger partial charge in [0.1, 0.15) is 18.1 Å². The van der Waals surface area contributed by atoms with Crippen molar-refractivity contribution in [1.29, 1.82) is 0 Å². The van der Waals surface area contributed by atoms with Gasteiger partial charge >= 0.3 is 0 Å². The van der Waals surface area contributed by atoms with E-state index in [4.69, 9.17) is 44.3 Å². The molecule has 0 amide bonds. The number of benzene rings is 3. The van der Waals surface area contributed by atoms with Crippen molar-refractivity contribution < 1.29 is 14.3 Å². The van der Waals surface area contributed by atoms with Crippen molar-refractivity contribution in [1.82, 2.24) is 0 Å². The number of aryl methyl sites for hydroxylation is 1. The summed E-state index contributed by atoms with van der Waals surface area (Å²) in [6.07, 6.45) is 1.70. The normalized spacial score (nSPS) is 14.1. The van der Waals surface area contributed by atoms with Gasteiger partial charge in [0, 0.05) is 26.7 Å². The maximum atomic E-state index is 12.8. The van der Waals surface area contributed by atoms with Crippen LogP contribution < -0.4 is 9.47 Å². The molecule has 0 aromatic heterocycles. The second kappa shape index (κ2) is 8.11. The van der Waals surface area contributed by atoms with Gasteiger partial charge in [-0.25, -0.2) is 0 Å². The molecule has 6 heteroatoms. The van der Waals surface area contributed by atoms with Crippen molar-refractivity contribution in [2.24, 2.45) is 0 Å². The first-order valence-corrected chi connectivity index (χ1v) is 9.96. The van der Waals surface area contributed by atoms with Gasteiger partial charge in [-0.05, 0) is 54.5 Å². The summed E-state index contributed by atoms with van der Waals surface area (Å²) < 4.78 is 11.7. The molecule has 0 N–H and O–H groups in total. The molecular weight excluding hydrogens is 431 g/mol. The van der Waals surface area contributed by atoms with Crippen LogP contribution in [0.5, 0.6) is 11.5 Å². The Bertz CT molecular complexity index is 1110. The predicted octanol–water partition coefficient (Wildman–Crippen LogP) is 7.15. The first-order chi connectivity index (χ1) is 13.9. The zero-order valence-electron chi connectivity index (χ0n) is 15.3. The third-order valence-electron chi connectivity index (χ3n) is 4.56. The molecule has 0 bridgehead atoms. The largest absolute Gasteiger partial charge is 0.489 e. The van der Waals surface area contributed by atoms with Crippen LogP contribution in [-0.2, 0) is 6.61 Å². The van der Waals surface area contributed by atoms with Crippen molar-refractivity contribution >= 4 is 46.7 Å². The number of carbonyl (C=O) groups excluding carboxylic acids is 1. The number of halogens is 3. The molecule has 1 heterocycles. The molecule has 4 rings (SSSR count). The lowest BCUT2D eigenvalue weighted by Gasteiger charge is -2.11. The number of ketones is 1. The summed E-state index contributed by atoms with van der Waals surface area (Å²) in [6, 6.07) is 16.0. The lowest BCUT2D eigenvalue weighted by Crippen LogP contribution is -2.00. The highest BCUT2D eigenvalue weighted by Gasteiger charge is 2.30. The van der Waals surface area contributed by atoms with Crippen molar-refractivity contribution in [3.63, 3.8) is 0 Å². The van der Waals surface area contributed by atoms with Crippen LogP contribution in [0.3, 0.4) is 0 Å². The summed E-state index contributed by atoms with van der Waals surface area (Å²) in [5, 5.41) is 1.70. The SMILES string of the molecule is Cc1cc(OCc2c(Cl)cccc2Cl)cc2c1C(=O)/C(=C/c1ccc(Cl)cc1)O2. The number of hydrogen-bond donors (Lipinski definition) is 0. The van der Waals surface area contributed by atoms with Crippen molar-refractivity contribution in [2.45, 2.75) is 13.5 Å². The zero-order chi connectivity index (χ0) is 20.5. The van der Waals surface area contributed by atoms with E-state index < -0.39 is 0 Å². The van der Waals surface area contributed by atoms with Crippen LogP contribution >= 0.6 is 34.8 Å². The molecule has 29 heavy (non-hydrogen) atoms. The Balaban J connectivity index is 1.58. The van der Waals surface area contributed by atoms with Gasteiger partial charge in [-0.3, -0.25) is 4.79 Å². The smallest absolute Gasteiger partial charge is 0.232 e. The zero-order valence-corrected chi connectivity index (χ0v) is 17.6. The summed E-state index contributed by atoms with van der Waals surface area (Å²) in [5.41, 5.74) is 2.84. The Kier molecular flexibility index (Phi) is 5.55. The minimum absolute atomic E-state index is 0.159. The highest BCUT2D eigenvalue weighted by Crippen LogP contribution is 2.38. The van der Waals surface area contributed by atoms with Crippen LogP contribution in [0.1, 0.15) is 27.0 Å². The van der Waals surface area contributed by atoms with Gasteiger partial charge in [-0.2, -0.15) is 0 Å². The Labute approximate surface area is 183 Å². The van der Waals surface area contributed by atoms with E-state index in [1.54, 1.807) is 48.5 Å². The number of hydrogen-bond acceptors (Lipinski definition) is 3. The Morgan fingerprint density at radius 2 is 1.69 bits per heavy atom. The second-order valence-corrected chi connectivity index (χ2v) is 7.84. The van der Waals surface area contributed by atoms with Crippen molar-refractivity contribution in [3.05, 3.63) is 97.7 Å². The van der Waals surface area contributed by atoms with Gasteiger partial charge in [0.25, 0.3) is 0 Å². The molecule has 0 spiro atoms. The quantitative estimate of drug-likeness (QED) is 0.400. The lowest BCUT2D eigenvalue weighted by atomic mass is 10.0. The molecule has 0 atom stereocenters. The van der Waals surface area contributed by atoms with Crippen LogP contribution in [0.2, 0.25) is 15.1 Å². The predicted molar refractivity (Wildman–Crippen MR) is 116 cm³/mol. The number of fused-ring (bicyclic) bond motifs is 1. The lowest BCUT2D eigenvalue weighted by molar-refractivity contribution is 0.101. The molecule has 3 nitrogen and oxygen atoms in total. The number of rotatable bonds is 4. The first-order valence-electron chi connectivity index (χ1n) is 8.82. The fourth-order valence-corrected chi connectivity index (χ4v) is 3.73. The molecule has 0 unspecified atom stereocenters. The number of Topliss-reactive ketones (excluding diaryl/α,β-unsaturated/α-hetero) is 1. The first kappa shape index (κ1) is 19.8. The van der Waals surface area contributed by atoms with Gasteiger partial charge in [0.15, 0.2) is 5.76 Å². The number of allylic oxidation sites excluding steroid dienone is 1. The third-order valence-corrected chi connectivity index (χ3v) is 5.52. The van der Waals surface area contributed by atoms with Crippen LogP contribution in [0.25, 0.3) is 6.08 Å². The van der Waals surface area contributed by atoms with Crippen molar-refractivity contribution in [2.75, 3.05) is 0 Å². The summed E-state index contributed by atoms with van der Waals surface area (Å²) >= 11 is 18.3. The molecule has 3 aromatic rings. The van der Waals surface area contributed by atoms with E-state index >= 15 is 0 Å². The van der Waals surface area contributed by atoms with E-state index in [0.29, 0.717) is 37.7 Å². The van der Waals surface area contributed by atoms with E-state index in [1.165, 1.54) is 0 Å². The molecule has 0 radical (unpaired) electrons. The van der Waals surface area contributed by atoms with E-state index in [0.717, 1.165) is 11.1 Å². The van der Waals surface area contributed by atoms with Crippen molar-refractivity contribution in [3.8, 4) is 11.5 Å². The standard InChI is InChI=1S/C23H15Cl3O3/c1-13-9-16(28-12-17-18(25)3-2-4-19(17)26)11-20-22(13)23(27)21(29-20)10-14-5-7-15(24)8-6-14/h2-11H,12H2,1H3/b21-10-. The van der Waals surface area contributed by atoms with Crippen LogP contribution in [0, 0.1) is 6.92 Å². The van der Waals surface area contributed by atoms with E-state index in [9.17, 15) is 4.79 Å². The molecule has 1 aliphatic rings. The molecule has 3 aromatic carbocycles. The monoisotopic (exact) mass is 444 g/mol. The molecule has 0 fully saturated rings. The average Bonchev–Trinajstić information content (AvgIpc) is 2.99. The molecule has 0 saturated heterocycles. The van der Waals surface area contributed by atoms with E-state index in [1.807, 2.05) is 19.1 Å². The van der Waals surface area contributed by atoms with Crippen LogP contribution in [-0.4, -0.2) is 5.78 Å². The topological polar surface area (TPSA) is 35.5 Å². The third kappa shape index (κ3) is 4.13. The molecule has 0 aliphatic carbocycles. The molecule has 0 saturated carbocycles. The highest BCUT2D eigenvalue weighted by atomic mass is 35.5. The molecule has 146 valence electrons. The maximum Gasteiger partial charge on any atom is 0.232 e. The second-order valence-electron chi connectivity index (χ2n) is 6.59. The molecule has 1 aliphatic heterocycles. The van der Waals surface area contributed by atoms with E-state index in [-0.39, 0.29) is 18.1 Å². The molecular formula is C23H15Cl3O3. The van der Waals surface area contributed by atoms with Gasteiger partial charge in [0.2, 0.25) is 5.78 Å².